The highest BCUT2D eigenvalue weighted by atomic mass is 16.8. The Morgan fingerprint density at radius 1 is 0.882 bits per heavy atom. The maximum absolute atomic E-state index is 11.0. The van der Waals surface area contributed by atoms with Crippen molar-refractivity contribution in [3.8, 4) is 0 Å². The Balaban J connectivity index is 1.33. The summed E-state index contributed by atoms with van der Waals surface area (Å²) in [5.74, 6) is 1.37. The van der Waals surface area contributed by atoms with E-state index >= 15 is 0 Å². The van der Waals surface area contributed by atoms with Crippen molar-refractivity contribution in [3.05, 3.63) is 12.2 Å². The lowest BCUT2D eigenvalue weighted by molar-refractivity contribution is -0.245. The summed E-state index contributed by atoms with van der Waals surface area (Å²) in [7, 11) is 0. The summed E-state index contributed by atoms with van der Waals surface area (Å²) in [5.41, 5.74) is 0.0650. The molecule has 2 aliphatic heterocycles. The number of rotatable bonds is 1. The fraction of sp³-hybridized carbons (Fsp3) is 0.933. The molecule has 0 amide bonds. The zero-order chi connectivity index (χ0) is 24.3. The van der Waals surface area contributed by atoms with E-state index in [4.69, 9.17) is 9.47 Å². The van der Waals surface area contributed by atoms with E-state index in [0.717, 1.165) is 19.3 Å². The van der Waals surface area contributed by atoms with E-state index in [2.05, 4.69) is 46.8 Å². The predicted octanol–water partition coefficient (Wildman–Crippen LogP) is 5.46. The van der Waals surface area contributed by atoms with Gasteiger partial charge in [0, 0.05) is 12.3 Å². The molecule has 0 radical (unpaired) electrons. The number of hydrogen-bond acceptors (Lipinski definition) is 4. The van der Waals surface area contributed by atoms with Crippen molar-refractivity contribution in [3.63, 3.8) is 0 Å². The monoisotopic (exact) mass is 470 g/mol. The van der Waals surface area contributed by atoms with E-state index in [1.54, 1.807) is 0 Å². The van der Waals surface area contributed by atoms with Crippen LogP contribution in [0.1, 0.15) is 93.4 Å². The van der Waals surface area contributed by atoms with Crippen molar-refractivity contribution in [1.29, 1.82) is 0 Å². The van der Waals surface area contributed by atoms with Gasteiger partial charge in [-0.2, -0.15) is 0 Å². The molecular weight excluding hydrogens is 424 g/mol. The molecule has 34 heavy (non-hydrogen) atoms. The van der Waals surface area contributed by atoms with Crippen LogP contribution in [0.3, 0.4) is 0 Å². The number of aliphatic hydroxyl groups excluding tert-OH is 1. The van der Waals surface area contributed by atoms with Crippen LogP contribution in [0, 0.1) is 50.7 Å². The molecule has 12 atom stereocenters. The summed E-state index contributed by atoms with van der Waals surface area (Å²) >= 11 is 0. The first-order chi connectivity index (χ1) is 15.7. The van der Waals surface area contributed by atoms with Crippen LogP contribution in [0.15, 0.2) is 12.2 Å². The molecule has 2 N–H and O–H groups in total. The first-order valence-electron chi connectivity index (χ1n) is 14.1. The van der Waals surface area contributed by atoms with Gasteiger partial charge in [0.05, 0.1) is 17.8 Å². The highest BCUT2D eigenvalue weighted by Gasteiger charge is 2.85. The van der Waals surface area contributed by atoms with E-state index in [0.29, 0.717) is 34.5 Å². The van der Waals surface area contributed by atoms with Gasteiger partial charge in [0.2, 0.25) is 0 Å². The minimum absolute atomic E-state index is 0.00765. The first kappa shape index (κ1) is 22.8. The Kier molecular flexibility index (Phi) is 4.02. The Hall–Kier alpha value is -0.420. The van der Waals surface area contributed by atoms with Crippen molar-refractivity contribution >= 4 is 0 Å². The molecule has 0 aromatic rings. The molecule has 7 rings (SSSR count). The quantitative estimate of drug-likeness (QED) is 0.500. The Labute approximate surface area is 205 Å². The summed E-state index contributed by atoms with van der Waals surface area (Å²) in [6.45, 7) is 15.9. The number of fused-ring (bicyclic) bond motifs is 4. The minimum atomic E-state index is -0.896. The first-order valence-corrected chi connectivity index (χ1v) is 14.1. The SMILES string of the molecule is CC1CC2OC3(CC4(C)C5C=CC6C(C)(C)C(O)CCC67CC57CCC4(C)C13)OC2C(C)(C)O. The molecule has 12 unspecified atom stereocenters. The molecule has 4 nitrogen and oxygen atoms in total. The number of allylic oxidation sites excluding steroid dienone is 2. The van der Waals surface area contributed by atoms with Crippen LogP contribution < -0.4 is 0 Å². The zero-order valence-corrected chi connectivity index (χ0v) is 22.4. The second-order valence-corrected chi connectivity index (χ2v) is 15.6. The molecule has 3 spiro atoms. The van der Waals surface area contributed by atoms with Gasteiger partial charge in [0.25, 0.3) is 0 Å². The van der Waals surface area contributed by atoms with Gasteiger partial charge in [-0.05, 0) is 97.2 Å². The van der Waals surface area contributed by atoms with Crippen LogP contribution >= 0.6 is 0 Å². The maximum atomic E-state index is 11.0. The molecule has 0 aromatic carbocycles. The fourth-order valence-electron chi connectivity index (χ4n) is 11.9. The van der Waals surface area contributed by atoms with Crippen LogP contribution in [0.4, 0.5) is 0 Å². The van der Waals surface area contributed by atoms with Gasteiger partial charge in [-0.15, -0.1) is 0 Å². The third-order valence-corrected chi connectivity index (χ3v) is 13.4. The van der Waals surface area contributed by atoms with Crippen LogP contribution in [0.25, 0.3) is 0 Å². The van der Waals surface area contributed by atoms with Crippen LogP contribution in [0.2, 0.25) is 0 Å². The average molecular weight is 471 g/mol. The van der Waals surface area contributed by atoms with Crippen molar-refractivity contribution in [2.75, 3.05) is 0 Å². The second-order valence-electron chi connectivity index (χ2n) is 15.6. The number of aliphatic hydroxyl groups is 2. The molecule has 0 aromatic heterocycles. The molecule has 2 saturated heterocycles. The maximum Gasteiger partial charge on any atom is 0.173 e. The molecule has 4 saturated carbocycles. The standard InChI is InChI=1S/C30H46O4/c1-17-14-18-23(25(4,5)32)34-30(33-18)15-27(7)20-9-8-19-24(2,3)21(31)10-11-28(19)16-29(20,28)13-12-26(27,6)22(17)30/h8-9,17-23,31-32H,10-16H2,1-7H3. The summed E-state index contributed by atoms with van der Waals surface area (Å²) in [6.07, 6.45) is 12.6. The van der Waals surface area contributed by atoms with E-state index in [1.165, 1.54) is 25.7 Å². The molecule has 2 bridgehead atoms. The van der Waals surface area contributed by atoms with Gasteiger partial charge in [-0.3, -0.25) is 0 Å². The highest BCUT2D eigenvalue weighted by molar-refractivity contribution is 5.37. The molecular formula is C30H46O4. The van der Waals surface area contributed by atoms with Crippen LogP contribution in [-0.4, -0.2) is 39.9 Å². The van der Waals surface area contributed by atoms with Gasteiger partial charge in [0.1, 0.15) is 6.10 Å². The van der Waals surface area contributed by atoms with Gasteiger partial charge < -0.3 is 19.7 Å². The number of hydrogen-bond donors (Lipinski definition) is 2. The molecule has 190 valence electrons. The summed E-state index contributed by atoms with van der Waals surface area (Å²) < 4.78 is 13.8. The third kappa shape index (κ3) is 2.21. The van der Waals surface area contributed by atoms with Gasteiger partial charge >= 0.3 is 0 Å². The topological polar surface area (TPSA) is 58.9 Å². The van der Waals surface area contributed by atoms with E-state index in [1.807, 2.05) is 13.8 Å². The fourth-order valence-corrected chi connectivity index (χ4v) is 11.9. The van der Waals surface area contributed by atoms with Crippen molar-refractivity contribution in [2.24, 2.45) is 50.7 Å². The lowest BCUT2D eigenvalue weighted by Crippen LogP contribution is -2.56. The average Bonchev–Trinajstić information content (AvgIpc) is 3.22. The molecule has 7 aliphatic rings. The Morgan fingerprint density at radius 3 is 2.26 bits per heavy atom. The number of ether oxygens (including phenoxy) is 2. The molecule has 2 heterocycles. The summed E-state index contributed by atoms with van der Waals surface area (Å²) in [5, 5.41) is 21.8. The predicted molar refractivity (Wildman–Crippen MR) is 131 cm³/mol. The zero-order valence-electron chi connectivity index (χ0n) is 22.4. The summed E-state index contributed by atoms with van der Waals surface area (Å²) in [4.78, 5) is 0. The largest absolute Gasteiger partial charge is 0.393 e. The third-order valence-electron chi connectivity index (χ3n) is 13.4. The Morgan fingerprint density at radius 2 is 1.56 bits per heavy atom. The van der Waals surface area contributed by atoms with Crippen LogP contribution in [0.5, 0.6) is 0 Å². The molecule has 5 aliphatic carbocycles. The smallest absolute Gasteiger partial charge is 0.173 e. The lowest BCUT2D eigenvalue weighted by Gasteiger charge is -2.61. The van der Waals surface area contributed by atoms with Gasteiger partial charge in [-0.1, -0.05) is 46.8 Å². The lowest BCUT2D eigenvalue weighted by atomic mass is 9.43. The van der Waals surface area contributed by atoms with Gasteiger partial charge in [-0.25, -0.2) is 0 Å². The van der Waals surface area contributed by atoms with E-state index < -0.39 is 11.4 Å². The summed E-state index contributed by atoms with van der Waals surface area (Å²) in [6, 6.07) is 0. The van der Waals surface area contributed by atoms with Gasteiger partial charge in [0.15, 0.2) is 5.79 Å². The van der Waals surface area contributed by atoms with Crippen LogP contribution in [-0.2, 0) is 9.47 Å². The molecule has 6 fully saturated rings. The molecule has 4 heteroatoms. The normalized spacial score (nSPS) is 62.8. The Bertz CT molecular complexity index is 965. The van der Waals surface area contributed by atoms with E-state index in [9.17, 15) is 10.2 Å². The van der Waals surface area contributed by atoms with Crippen molar-refractivity contribution in [2.45, 2.75) is 123 Å². The minimum Gasteiger partial charge on any atom is -0.393 e. The second kappa shape index (κ2) is 6.00. The van der Waals surface area contributed by atoms with Crippen molar-refractivity contribution in [1.82, 2.24) is 0 Å². The van der Waals surface area contributed by atoms with E-state index in [-0.39, 0.29) is 34.6 Å². The van der Waals surface area contributed by atoms with Crippen molar-refractivity contribution < 1.29 is 19.7 Å². The highest BCUT2D eigenvalue weighted by Crippen LogP contribution is 2.89.